The largest absolute Gasteiger partial charge is 0.493 e. The van der Waals surface area contributed by atoms with E-state index in [0.29, 0.717) is 13.2 Å². The summed E-state index contributed by atoms with van der Waals surface area (Å²) >= 11 is 0. The molecule has 0 spiro atoms. The molecule has 1 fully saturated rings. The summed E-state index contributed by atoms with van der Waals surface area (Å²) in [5.74, 6) is 0.800. The lowest BCUT2D eigenvalue weighted by Crippen LogP contribution is -2.52. The molecule has 2 heterocycles. The van der Waals surface area contributed by atoms with Gasteiger partial charge in [-0.2, -0.15) is 0 Å². The number of nitrogens with one attached hydrogen (secondary N) is 2. The van der Waals surface area contributed by atoms with Crippen LogP contribution in [-0.2, 0) is 4.79 Å². The molecule has 2 atom stereocenters. The Balaban J connectivity index is 1.62. The first kappa shape index (κ1) is 15.6. The van der Waals surface area contributed by atoms with E-state index in [0.717, 1.165) is 37.1 Å². The number of hydrogen-bond acceptors (Lipinski definition) is 3. The van der Waals surface area contributed by atoms with Crippen molar-refractivity contribution in [3.8, 4) is 5.75 Å². The number of nitrogens with zero attached hydrogens (tertiary/aromatic N) is 1. The average molecular weight is 317 g/mol. The van der Waals surface area contributed by atoms with E-state index in [1.807, 2.05) is 24.3 Å². The van der Waals surface area contributed by atoms with Crippen molar-refractivity contribution in [3.63, 3.8) is 0 Å². The number of rotatable bonds is 2. The second-order valence-corrected chi connectivity index (χ2v) is 6.16. The molecule has 0 bridgehead atoms. The second kappa shape index (κ2) is 6.89. The number of urea groups is 1. The third-order valence-electron chi connectivity index (χ3n) is 4.37. The van der Waals surface area contributed by atoms with Crippen LogP contribution in [0, 0.1) is 0 Å². The van der Waals surface area contributed by atoms with Crippen molar-refractivity contribution >= 4 is 11.9 Å². The molecule has 23 heavy (non-hydrogen) atoms. The lowest BCUT2D eigenvalue weighted by molar-refractivity contribution is -0.119. The Bertz CT molecular complexity index is 590. The third kappa shape index (κ3) is 3.75. The van der Waals surface area contributed by atoms with Crippen molar-refractivity contribution < 1.29 is 14.3 Å². The first-order valence-corrected chi connectivity index (χ1v) is 8.18. The van der Waals surface area contributed by atoms with Crippen LogP contribution in [0.2, 0.25) is 0 Å². The number of para-hydroxylation sites is 1. The van der Waals surface area contributed by atoms with Crippen LogP contribution in [0.25, 0.3) is 0 Å². The summed E-state index contributed by atoms with van der Waals surface area (Å²) in [4.78, 5) is 25.6. The molecular formula is C17H23N3O3. The Morgan fingerprint density at radius 3 is 2.87 bits per heavy atom. The Labute approximate surface area is 136 Å². The zero-order chi connectivity index (χ0) is 16.2. The van der Waals surface area contributed by atoms with Crippen LogP contribution in [0.3, 0.4) is 0 Å². The van der Waals surface area contributed by atoms with E-state index in [4.69, 9.17) is 4.74 Å². The van der Waals surface area contributed by atoms with Crippen molar-refractivity contribution in [2.24, 2.45) is 0 Å². The molecule has 0 radical (unpaired) electrons. The lowest BCUT2D eigenvalue weighted by atomic mass is 10.0. The van der Waals surface area contributed by atoms with Crippen LogP contribution in [0.4, 0.5) is 4.79 Å². The van der Waals surface area contributed by atoms with Gasteiger partial charge >= 0.3 is 6.03 Å². The maximum atomic E-state index is 12.6. The topological polar surface area (TPSA) is 70.7 Å². The van der Waals surface area contributed by atoms with E-state index in [1.165, 1.54) is 6.92 Å². The molecule has 3 rings (SSSR count). The molecule has 1 saturated heterocycles. The highest BCUT2D eigenvalue weighted by Gasteiger charge is 2.28. The minimum absolute atomic E-state index is 0.0198. The highest BCUT2D eigenvalue weighted by Crippen LogP contribution is 2.31. The van der Waals surface area contributed by atoms with Gasteiger partial charge in [0.15, 0.2) is 0 Å². The summed E-state index contributed by atoms with van der Waals surface area (Å²) in [5, 5.41) is 6.02. The van der Waals surface area contributed by atoms with Gasteiger partial charge in [-0.3, -0.25) is 4.79 Å². The summed E-state index contributed by atoms with van der Waals surface area (Å²) in [6.45, 7) is 3.41. The molecule has 2 aliphatic heterocycles. The van der Waals surface area contributed by atoms with Crippen LogP contribution in [0.1, 0.15) is 37.8 Å². The first-order chi connectivity index (χ1) is 11.1. The zero-order valence-corrected chi connectivity index (χ0v) is 13.4. The fraction of sp³-hybridized carbons (Fsp3) is 0.529. The van der Waals surface area contributed by atoms with Gasteiger partial charge in [0.2, 0.25) is 5.91 Å². The van der Waals surface area contributed by atoms with Crippen molar-refractivity contribution in [2.45, 2.75) is 38.3 Å². The molecule has 6 heteroatoms. The second-order valence-electron chi connectivity index (χ2n) is 6.16. The fourth-order valence-corrected chi connectivity index (χ4v) is 3.30. The number of fused-ring (bicyclic) bond motifs is 1. The molecule has 1 aromatic carbocycles. The van der Waals surface area contributed by atoms with E-state index in [1.54, 1.807) is 4.90 Å². The number of ether oxygens (including phenoxy) is 1. The predicted molar refractivity (Wildman–Crippen MR) is 86.2 cm³/mol. The molecule has 6 nitrogen and oxygen atoms in total. The molecule has 3 amide bonds. The third-order valence-corrected chi connectivity index (χ3v) is 4.37. The summed E-state index contributed by atoms with van der Waals surface area (Å²) in [6, 6.07) is 7.78. The average Bonchev–Trinajstić information content (AvgIpc) is 2.55. The molecule has 2 N–H and O–H groups in total. The van der Waals surface area contributed by atoms with E-state index in [9.17, 15) is 9.59 Å². The molecule has 0 aliphatic carbocycles. The van der Waals surface area contributed by atoms with Gasteiger partial charge in [0.05, 0.1) is 12.6 Å². The Kier molecular flexibility index (Phi) is 4.69. The SMILES string of the molecule is CC(=O)N[C@@H]1CCCN(C(=O)N[C@H]2CCOc3ccccc32)C1. The van der Waals surface area contributed by atoms with Gasteiger partial charge < -0.3 is 20.3 Å². The van der Waals surface area contributed by atoms with Gasteiger partial charge in [0.25, 0.3) is 0 Å². The van der Waals surface area contributed by atoms with E-state index in [-0.39, 0.29) is 24.0 Å². The monoisotopic (exact) mass is 317 g/mol. The molecule has 0 unspecified atom stereocenters. The van der Waals surface area contributed by atoms with Crippen molar-refractivity contribution in [1.29, 1.82) is 0 Å². The number of carbonyl (C=O) groups is 2. The number of amides is 3. The summed E-state index contributed by atoms with van der Waals surface area (Å²) in [6.07, 6.45) is 2.60. The molecule has 124 valence electrons. The molecular weight excluding hydrogens is 294 g/mol. The quantitative estimate of drug-likeness (QED) is 0.874. The van der Waals surface area contributed by atoms with Gasteiger partial charge in [-0.15, -0.1) is 0 Å². The Hall–Kier alpha value is -2.24. The van der Waals surface area contributed by atoms with Crippen molar-refractivity contribution in [3.05, 3.63) is 29.8 Å². The highest BCUT2D eigenvalue weighted by molar-refractivity contribution is 5.76. The molecule has 0 aromatic heterocycles. The normalized spacial score (nSPS) is 23.4. The van der Waals surface area contributed by atoms with Crippen LogP contribution >= 0.6 is 0 Å². The fourth-order valence-electron chi connectivity index (χ4n) is 3.30. The summed E-state index contributed by atoms with van der Waals surface area (Å²) in [7, 11) is 0. The number of benzene rings is 1. The van der Waals surface area contributed by atoms with E-state index >= 15 is 0 Å². The summed E-state index contributed by atoms with van der Waals surface area (Å²) < 4.78 is 5.63. The van der Waals surface area contributed by atoms with E-state index in [2.05, 4.69) is 10.6 Å². The number of hydrogen-bond donors (Lipinski definition) is 2. The van der Waals surface area contributed by atoms with E-state index < -0.39 is 0 Å². The number of piperidine rings is 1. The van der Waals surface area contributed by atoms with Crippen LogP contribution < -0.4 is 15.4 Å². The first-order valence-electron chi connectivity index (χ1n) is 8.18. The minimum atomic E-state index is -0.0678. The van der Waals surface area contributed by atoms with Crippen LogP contribution in [0.5, 0.6) is 5.75 Å². The minimum Gasteiger partial charge on any atom is -0.493 e. The van der Waals surface area contributed by atoms with Gasteiger partial charge in [0, 0.05) is 38.0 Å². The van der Waals surface area contributed by atoms with Crippen LogP contribution in [0.15, 0.2) is 24.3 Å². The lowest BCUT2D eigenvalue weighted by Gasteiger charge is -2.35. The maximum absolute atomic E-state index is 12.6. The zero-order valence-electron chi connectivity index (χ0n) is 13.4. The van der Waals surface area contributed by atoms with Gasteiger partial charge in [-0.25, -0.2) is 4.79 Å². The Morgan fingerprint density at radius 1 is 1.22 bits per heavy atom. The smallest absolute Gasteiger partial charge is 0.317 e. The highest BCUT2D eigenvalue weighted by atomic mass is 16.5. The standard InChI is InChI=1S/C17H23N3O3/c1-12(21)18-13-5-4-9-20(11-13)17(22)19-15-8-10-23-16-7-3-2-6-14(15)16/h2-3,6-7,13,15H,4-5,8-11H2,1H3,(H,18,21)(H,19,22)/t13-,15+/m1/s1. The maximum Gasteiger partial charge on any atom is 0.317 e. The van der Waals surface area contributed by atoms with Gasteiger partial charge in [-0.1, -0.05) is 18.2 Å². The molecule has 2 aliphatic rings. The van der Waals surface area contributed by atoms with Gasteiger partial charge in [0.1, 0.15) is 5.75 Å². The van der Waals surface area contributed by atoms with Crippen molar-refractivity contribution in [2.75, 3.05) is 19.7 Å². The summed E-state index contributed by atoms with van der Waals surface area (Å²) in [5.41, 5.74) is 1.03. The van der Waals surface area contributed by atoms with Gasteiger partial charge in [-0.05, 0) is 18.9 Å². The number of likely N-dealkylation sites (tertiary alicyclic amines) is 1. The number of carbonyl (C=O) groups excluding carboxylic acids is 2. The van der Waals surface area contributed by atoms with Crippen molar-refractivity contribution in [1.82, 2.24) is 15.5 Å². The van der Waals surface area contributed by atoms with Crippen LogP contribution in [-0.4, -0.2) is 42.6 Å². The Morgan fingerprint density at radius 2 is 2.04 bits per heavy atom. The molecule has 0 saturated carbocycles. The molecule has 1 aromatic rings. The predicted octanol–water partition coefficient (Wildman–Crippen LogP) is 1.82.